The SMILES string of the molecule is OC(Cc1ccc(Cl)cc1)c1ccc2ncccc2c1. The second-order valence-corrected chi connectivity index (χ2v) is 5.24. The number of aliphatic hydroxyl groups excluding tert-OH is 1. The number of nitrogens with zero attached hydrogens (tertiary/aromatic N) is 1. The maximum absolute atomic E-state index is 10.3. The van der Waals surface area contributed by atoms with Crippen LogP contribution in [0.2, 0.25) is 5.02 Å². The van der Waals surface area contributed by atoms with E-state index in [-0.39, 0.29) is 0 Å². The number of aliphatic hydroxyl groups is 1. The van der Waals surface area contributed by atoms with Gasteiger partial charge in [-0.25, -0.2) is 0 Å². The number of hydrogen-bond donors (Lipinski definition) is 1. The second-order valence-electron chi connectivity index (χ2n) is 4.80. The van der Waals surface area contributed by atoms with Crippen LogP contribution in [0.25, 0.3) is 10.9 Å². The summed E-state index contributed by atoms with van der Waals surface area (Å²) in [5.74, 6) is 0. The van der Waals surface area contributed by atoms with E-state index in [0.717, 1.165) is 22.0 Å². The van der Waals surface area contributed by atoms with Crippen molar-refractivity contribution < 1.29 is 5.11 Å². The summed E-state index contributed by atoms with van der Waals surface area (Å²) < 4.78 is 0. The van der Waals surface area contributed by atoms with E-state index in [1.54, 1.807) is 6.20 Å². The predicted octanol–water partition coefficient (Wildman–Crippen LogP) is 4.16. The first kappa shape index (κ1) is 13.1. The molecule has 1 heterocycles. The molecule has 0 spiro atoms. The highest BCUT2D eigenvalue weighted by molar-refractivity contribution is 6.30. The van der Waals surface area contributed by atoms with Crippen LogP contribution in [0.4, 0.5) is 0 Å². The molecule has 2 aromatic carbocycles. The Bertz CT molecular complexity index is 724. The molecule has 1 atom stereocenters. The monoisotopic (exact) mass is 283 g/mol. The smallest absolute Gasteiger partial charge is 0.0830 e. The molecule has 0 radical (unpaired) electrons. The van der Waals surface area contributed by atoms with Crippen LogP contribution in [0, 0.1) is 0 Å². The number of hydrogen-bond acceptors (Lipinski definition) is 2. The lowest BCUT2D eigenvalue weighted by molar-refractivity contribution is 0.178. The van der Waals surface area contributed by atoms with Gasteiger partial charge >= 0.3 is 0 Å². The maximum atomic E-state index is 10.3. The summed E-state index contributed by atoms with van der Waals surface area (Å²) >= 11 is 5.86. The Morgan fingerprint density at radius 1 is 1.05 bits per heavy atom. The third-order valence-electron chi connectivity index (χ3n) is 3.35. The molecule has 3 heteroatoms. The third-order valence-corrected chi connectivity index (χ3v) is 3.61. The average Bonchev–Trinajstić information content (AvgIpc) is 2.49. The van der Waals surface area contributed by atoms with Crippen molar-refractivity contribution in [1.29, 1.82) is 0 Å². The fourth-order valence-corrected chi connectivity index (χ4v) is 2.39. The molecule has 1 unspecified atom stereocenters. The largest absolute Gasteiger partial charge is 0.388 e. The lowest BCUT2D eigenvalue weighted by atomic mass is 10.00. The maximum Gasteiger partial charge on any atom is 0.0830 e. The Labute approximate surface area is 122 Å². The van der Waals surface area contributed by atoms with E-state index in [0.29, 0.717) is 11.4 Å². The molecule has 3 aromatic rings. The Morgan fingerprint density at radius 3 is 2.65 bits per heavy atom. The minimum Gasteiger partial charge on any atom is -0.388 e. The van der Waals surface area contributed by atoms with Crippen molar-refractivity contribution in [1.82, 2.24) is 4.98 Å². The van der Waals surface area contributed by atoms with E-state index >= 15 is 0 Å². The van der Waals surface area contributed by atoms with E-state index in [2.05, 4.69) is 4.98 Å². The van der Waals surface area contributed by atoms with Crippen LogP contribution >= 0.6 is 11.6 Å². The zero-order chi connectivity index (χ0) is 13.9. The zero-order valence-electron chi connectivity index (χ0n) is 10.8. The first-order valence-corrected chi connectivity index (χ1v) is 6.87. The second kappa shape index (κ2) is 5.61. The number of aromatic nitrogens is 1. The van der Waals surface area contributed by atoms with Gasteiger partial charge < -0.3 is 5.11 Å². The first-order chi connectivity index (χ1) is 9.72. The standard InChI is InChI=1S/C17H14ClNO/c18-15-6-3-12(4-7-15)10-17(20)14-5-8-16-13(11-14)2-1-9-19-16/h1-9,11,17,20H,10H2. The molecule has 0 saturated heterocycles. The van der Waals surface area contributed by atoms with Gasteiger partial charge in [0.1, 0.15) is 0 Å². The number of halogens is 1. The lowest BCUT2D eigenvalue weighted by Gasteiger charge is -2.12. The van der Waals surface area contributed by atoms with Crippen LogP contribution in [0.3, 0.4) is 0 Å². The van der Waals surface area contributed by atoms with Crippen LogP contribution in [-0.4, -0.2) is 10.1 Å². The molecule has 0 bridgehead atoms. The fraction of sp³-hybridized carbons (Fsp3) is 0.118. The molecule has 0 amide bonds. The molecule has 1 aromatic heterocycles. The van der Waals surface area contributed by atoms with Gasteiger partial charge in [0.2, 0.25) is 0 Å². The van der Waals surface area contributed by atoms with Gasteiger partial charge in [-0.15, -0.1) is 0 Å². The minimum atomic E-state index is -0.527. The van der Waals surface area contributed by atoms with Gasteiger partial charge in [0, 0.05) is 23.0 Å². The Hall–Kier alpha value is -1.90. The van der Waals surface area contributed by atoms with Crippen LogP contribution in [-0.2, 0) is 6.42 Å². The van der Waals surface area contributed by atoms with Gasteiger partial charge in [0.25, 0.3) is 0 Å². The number of pyridine rings is 1. The van der Waals surface area contributed by atoms with E-state index in [1.807, 2.05) is 54.6 Å². The molecule has 2 nitrogen and oxygen atoms in total. The van der Waals surface area contributed by atoms with E-state index in [9.17, 15) is 5.11 Å². The first-order valence-electron chi connectivity index (χ1n) is 6.49. The topological polar surface area (TPSA) is 33.1 Å². The molecule has 0 aliphatic rings. The van der Waals surface area contributed by atoms with Crippen LogP contribution in [0.1, 0.15) is 17.2 Å². The Kier molecular flexibility index (Phi) is 3.68. The van der Waals surface area contributed by atoms with Gasteiger partial charge in [-0.2, -0.15) is 0 Å². The summed E-state index contributed by atoms with van der Waals surface area (Å²) in [6, 6.07) is 17.3. The summed E-state index contributed by atoms with van der Waals surface area (Å²) in [7, 11) is 0. The quantitative estimate of drug-likeness (QED) is 0.783. The number of rotatable bonds is 3. The summed E-state index contributed by atoms with van der Waals surface area (Å²) in [6.07, 6.45) is 1.82. The van der Waals surface area contributed by atoms with E-state index in [4.69, 9.17) is 11.6 Å². The molecular weight excluding hydrogens is 270 g/mol. The van der Waals surface area contributed by atoms with Gasteiger partial charge in [0.05, 0.1) is 11.6 Å². The molecule has 100 valence electrons. The summed E-state index contributed by atoms with van der Waals surface area (Å²) in [5.41, 5.74) is 2.91. The van der Waals surface area contributed by atoms with Crippen molar-refractivity contribution in [2.45, 2.75) is 12.5 Å². The van der Waals surface area contributed by atoms with Crippen molar-refractivity contribution in [2.24, 2.45) is 0 Å². The van der Waals surface area contributed by atoms with Crippen LogP contribution in [0.5, 0.6) is 0 Å². The number of benzene rings is 2. The molecule has 1 N–H and O–H groups in total. The average molecular weight is 284 g/mol. The highest BCUT2D eigenvalue weighted by Crippen LogP contribution is 2.22. The minimum absolute atomic E-state index is 0.527. The highest BCUT2D eigenvalue weighted by atomic mass is 35.5. The molecule has 0 aliphatic carbocycles. The highest BCUT2D eigenvalue weighted by Gasteiger charge is 2.09. The normalized spacial score (nSPS) is 12.5. The van der Waals surface area contributed by atoms with Gasteiger partial charge in [0.15, 0.2) is 0 Å². The van der Waals surface area contributed by atoms with Crippen molar-refractivity contribution in [3.63, 3.8) is 0 Å². The van der Waals surface area contributed by atoms with Crippen molar-refractivity contribution in [3.8, 4) is 0 Å². The lowest BCUT2D eigenvalue weighted by Crippen LogP contribution is -2.01. The molecule has 0 saturated carbocycles. The van der Waals surface area contributed by atoms with Gasteiger partial charge in [-0.05, 0) is 41.5 Å². The Morgan fingerprint density at radius 2 is 1.85 bits per heavy atom. The fourth-order valence-electron chi connectivity index (χ4n) is 2.26. The van der Waals surface area contributed by atoms with Crippen molar-refractivity contribution >= 4 is 22.5 Å². The molecule has 3 rings (SSSR count). The predicted molar refractivity (Wildman–Crippen MR) is 81.9 cm³/mol. The zero-order valence-corrected chi connectivity index (χ0v) is 11.6. The third kappa shape index (κ3) is 2.82. The van der Waals surface area contributed by atoms with Gasteiger partial charge in [-0.1, -0.05) is 35.9 Å². The summed E-state index contributed by atoms with van der Waals surface area (Å²) in [6.45, 7) is 0. The van der Waals surface area contributed by atoms with Crippen LogP contribution in [0.15, 0.2) is 60.8 Å². The van der Waals surface area contributed by atoms with Crippen LogP contribution < -0.4 is 0 Å². The number of fused-ring (bicyclic) bond motifs is 1. The van der Waals surface area contributed by atoms with Gasteiger partial charge in [-0.3, -0.25) is 4.98 Å². The van der Waals surface area contributed by atoms with Crippen molar-refractivity contribution in [3.05, 3.63) is 76.9 Å². The van der Waals surface area contributed by atoms with E-state index in [1.165, 1.54) is 0 Å². The van der Waals surface area contributed by atoms with E-state index < -0.39 is 6.10 Å². The molecule has 20 heavy (non-hydrogen) atoms. The summed E-state index contributed by atoms with van der Waals surface area (Å²) in [4.78, 5) is 4.28. The molecule has 0 aliphatic heterocycles. The summed E-state index contributed by atoms with van der Waals surface area (Å²) in [5, 5.41) is 12.1. The Balaban J connectivity index is 1.84. The molecular formula is C17H14ClNO. The molecule has 0 fully saturated rings. The van der Waals surface area contributed by atoms with Crippen molar-refractivity contribution in [2.75, 3.05) is 0 Å².